The number of anilines is 1. The number of carbonyl (C=O) groups is 1. The fourth-order valence-electron chi connectivity index (χ4n) is 2.44. The van der Waals surface area contributed by atoms with E-state index in [9.17, 15) is 13.2 Å². The summed E-state index contributed by atoms with van der Waals surface area (Å²) < 4.78 is 34.4. The van der Waals surface area contributed by atoms with Gasteiger partial charge >= 0.3 is 0 Å². The zero-order chi connectivity index (χ0) is 21.1. The normalized spacial score (nSPS) is 13.1. The lowest BCUT2D eigenvalue weighted by atomic mass is 10.1. The molecule has 0 aliphatic carbocycles. The Morgan fingerprint density at radius 2 is 1.79 bits per heavy atom. The molecule has 0 radical (unpaired) electrons. The van der Waals surface area contributed by atoms with Gasteiger partial charge in [0.05, 0.1) is 10.2 Å². The van der Waals surface area contributed by atoms with Crippen LogP contribution >= 0.6 is 15.9 Å². The van der Waals surface area contributed by atoms with E-state index in [0.29, 0.717) is 5.75 Å². The van der Waals surface area contributed by atoms with Crippen LogP contribution in [0, 0.1) is 6.92 Å². The van der Waals surface area contributed by atoms with Crippen molar-refractivity contribution in [3.05, 3.63) is 52.5 Å². The number of benzene rings is 2. The van der Waals surface area contributed by atoms with Crippen LogP contribution in [0.15, 0.2) is 51.8 Å². The van der Waals surface area contributed by atoms with E-state index in [1.807, 2.05) is 19.1 Å². The Morgan fingerprint density at radius 3 is 2.39 bits per heavy atom. The first kappa shape index (κ1) is 22.4. The minimum absolute atomic E-state index is 0.00184. The van der Waals surface area contributed by atoms with E-state index in [0.717, 1.165) is 10.0 Å². The highest BCUT2D eigenvalue weighted by Gasteiger charge is 2.26. The quantitative estimate of drug-likeness (QED) is 0.663. The summed E-state index contributed by atoms with van der Waals surface area (Å²) in [6.07, 6.45) is -0.828. The van der Waals surface area contributed by atoms with Crippen LogP contribution in [0.4, 0.5) is 5.69 Å². The molecule has 2 N–H and O–H groups in total. The molecule has 2 rings (SSSR count). The summed E-state index contributed by atoms with van der Waals surface area (Å²) in [5.74, 6) is 0.0782. The van der Waals surface area contributed by atoms with Crippen molar-refractivity contribution in [3.8, 4) is 5.75 Å². The molecule has 0 aromatic heterocycles. The third-order valence-corrected chi connectivity index (χ3v) is 6.07. The van der Waals surface area contributed by atoms with Gasteiger partial charge in [-0.3, -0.25) is 4.79 Å². The van der Waals surface area contributed by atoms with Gasteiger partial charge in [-0.05, 0) is 80.4 Å². The number of para-hydroxylation sites is 1. The molecule has 0 aliphatic heterocycles. The number of hydrogen-bond donors (Lipinski definition) is 2. The van der Waals surface area contributed by atoms with Crippen molar-refractivity contribution in [1.82, 2.24) is 4.72 Å². The van der Waals surface area contributed by atoms with Crippen LogP contribution in [0.1, 0.15) is 33.3 Å². The maximum absolute atomic E-state index is 12.7. The maximum atomic E-state index is 12.7. The molecule has 2 aromatic rings. The number of nitrogens with one attached hydrogen (secondary N) is 2. The summed E-state index contributed by atoms with van der Waals surface area (Å²) >= 11 is 3.41. The largest absolute Gasteiger partial charge is 0.480 e. The first-order valence-corrected chi connectivity index (χ1v) is 11.0. The molecule has 1 amide bonds. The predicted molar refractivity (Wildman–Crippen MR) is 114 cm³/mol. The van der Waals surface area contributed by atoms with Gasteiger partial charge in [-0.2, -0.15) is 0 Å². The SMILES string of the molecule is Cc1ccc(O[C@@H](C)C(=O)Nc2ccccc2S(=O)(=O)NC(C)(C)C)c(Br)c1. The van der Waals surface area contributed by atoms with Crippen LogP contribution in [0.3, 0.4) is 0 Å². The number of amides is 1. The molecule has 0 fully saturated rings. The van der Waals surface area contributed by atoms with Crippen molar-refractivity contribution in [2.45, 2.75) is 51.2 Å². The Bertz CT molecular complexity index is 968. The molecule has 8 heteroatoms. The molecular formula is C20H25BrN2O4S. The summed E-state index contributed by atoms with van der Waals surface area (Å²) in [6, 6.07) is 11.8. The van der Waals surface area contributed by atoms with Crippen LogP contribution in [0.5, 0.6) is 5.75 Å². The van der Waals surface area contributed by atoms with Crippen molar-refractivity contribution < 1.29 is 17.9 Å². The van der Waals surface area contributed by atoms with E-state index in [1.165, 1.54) is 6.07 Å². The van der Waals surface area contributed by atoms with Gasteiger partial charge in [0.1, 0.15) is 10.6 Å². The second kappa shape index (κ2) is 8.63. The van der Waals surface area contributed by atoms with Crippen molar-refractivity contribution in [1.29, 1.82) is 0 Å². The van der Waals surface area contributed by atoms with Gasteiger partial charge in [0.2, 0.25) is 10.0 Å². The fourth-order valence-corrected chi connectivity index (χ4v) is 4.61. The van der Waals surface area contributed by atoms with Crippen LogP contribution in [-0.4, -0.2) is 26.0 Å². The number of hydrogen-bond acceptors (Lipinski definition) is 4. The molecule has 6 nitrogen and oxygen atoms in total. The summed E-state index contributed by atoms with van der Waals surface area (Å²) in [6.45, 7) is 8.81. The standard InChI is InChI=1S/C20H25BrN2O4S/c1-13-10-11-17(15(21)12-13)27-14(2)19(24)22-16-8-6-7-9-18(16)28(25,26)23-20(3,4)5/h6-12,14,23H,1-5H3,(H,22,24)/t14-/m0/s1. The lowest BCUT2D eigenvalue weighted by molar-refractivity contribution is -0.122. The van der Waals surface area contributed by atoms with E-state index in [4.69, 9.17) is 4.74 Å². The number of rotatable bonds is 6. The first-order valence-electron chi connectivity index (χ1n) is 8.76. The number of sulfonamides is 1. The Morgan fingerprint density at radius 1 is 1.14 bits per heavy atom. The van der Waals surface area contributed by atoms with Gasteiger partial charge in [0.25, 0.3) is 5.91 Å². The monoisotopic (exact) mass is 468 g/mol. The second-order valence-corrected chi connectivity index (χ2v) is 10.0. The summed E-state index contributed by atoms with van der Waals surface area (Å²) in [4.78, 5) is 12.6. The Kier molecular flexibility index (Phi) is 6.90. The molecule has 0 saturated carbocycles. The average Bonchev–Trinajstić information content (AvgIpc) is 2.55. The molecule has 0 saturated heterocycles. The van der Waals surface area contributed by atoms with Gasteiger partial charge < -0.3 is 10.1 Å². The smallest absolute Gasteiger partial charge is 0.265 e. The highest BCUT2D eigenvalue weighted by molar-refractivity contribution is 9.10. The van der Waals surface area contributed by atoms with Crippen molar-refractivity contribution in [2.75, 3.05) is 5.32 Å². The zero-order valence-corrected chi connectivity index (χ0v) is 18.9. The highest BCUT2D eigenvalue weighted by Crippen LogP contribution is 2.27. The van der Waals surface area contributed by atoms with Crippen LogP contribution < -0.4 is 14.8 Å². The summed E-state index contributed by atoms with van der Waals surface area (Å²) in [7, 11) is -3.80. The first-order chi connectivity index (χ1) is 12.9. The third kappa shape index (κ3) is 6.05. The summed E-state index contributed by atoms with van der Waals surface area (Å²) in [5, 5.41) is 2.65. The van der Waals surface area contributed by atoms with Crippen LogP contribution in [0.2, 0.25) is 0 Å². The molecule has 0 unspecified atom stereocenters. The van der Waals surface area contributed by atoms with Gasteiger partial charge in [-0.25, -0.2) is 13.1 Å². The Labute approximate surface area is 174 Å². The second-order valence-electron chi connectivity index (χ2n) is 7.53. The Hall–Kier alpha value is -1.90. The van der Waals surface area contributed by atoms with Crippen molar-refractivity contribution in [3.63, 3.8) is 0 Å². The zero-order valence-electron chi connectivity index (χ0n) is 16.5. The fraction of sp³-hybridized carbons (Fsp3) is 0.350. The van der Waals surface area contributed by atoms with Gasteiger partial charge in [0.15, 0.2) is 6.10 Å². The number of ether oxygens (including phenoxy) is 1. The lowest BCUT2D eigenvalue weighted by Gasteiger charge is -2.22. The maximum Gasteiger partial charge on any atom is 0.265 e. The minimum Gasteiger partial charge on any atom is -0.480 e. The van der Waals surface area contributed by atoms with E-state index < -0.39 is 27.6 Å². The minimum atomic E-state index is -3.80. The molecule has 2 aromatic carbocycles. The molecule has 0 aliphatic rings. The average molecular weight is 469 g/mol. The van der Waals surface area contributed by atoms with E-state index >= 15 is 0 Å². The van der Waals surface area contributed by atoms with E-state index in [2.05, 4.69) is 26.0 Å². The molecule has 28 heavy (non-hydrogen) atoms. The van der Waals surface area contributed by atoms with E-state index in [-0.39, 0.29) is 10.6 Å². The lowest BCUT2D eigenvalue weighted by Crippen LogP contribution is -2.41. The summed E-state index contributed by atoms with van der Waals surface area (Å²) in [5.41, 5.74) is 0.605. The van der Waals surface area contributed by atoms with Crippen molar-refractivity contribution in [2.24, 2.45) is 0 Å². The third-order valence-electron chi connectivity index (χ3n) is 3.64. The molecule has 0 spiro atoms. The van der Waals surface area contributed by atoms with E-state index in [1.54, 1.807) is 52.0 Å². The number of aryl methyl sites for hydroxylation is 1. The number of halogens is 1. The predicted octanol–water partition coefficient (Wildman–Crippen LogP) is 4.24. The number of carbonyl (C=O) groups excluding carboxylic acids is 1. The molecule has 152 valence electrons. The van der Waals surface area contributed by atoms with Gasteiger partial charge in [-0.1, -0.05) is 18.2 Å². The highest BCUT2D eigenvalue weighted by atomic mass is 79.9. The van der Waals surface area contributed by atoms with Crippen LogP contribution in [0.25, 0.3) is 0 Å². The van der Waals surface area contributed by atoms with Gasteiger partial charge in [0, 0.05) is 5.54 Å². The van der Waals surface area contributed by atoms with Crippen molar-refractivity contribution >= 4 is 37.5 Å². The van der Waals surface area contributed by atoms with Crippen LogP contribution in [-0.2, 0) is 14.8 Å². The topological polar surface area (TPSA) is 84.5 Å². The molecule has 1 atom stereocenters. The van der Waals surface area contributed by atoms with Gasteiger partial charge in [-0.15, -0.1) is 0 Å². The Balaban J connectivity index is 2.20. The molecule has 0 heterocycles. The molecule has 0 bridgehead atoms. The molecular weight excluding hydrogens is 444 g/mol.